The number of furan rings is 1. The van der Waals surface area contributed by atoms with Crippen molar-refractivity contribution < 1.29 is 23.5 Å². The Morgan fingerprint density at radius 2 is 2.00 bits per heavy atom. The predicted octanol–water partition coefficient (Wildman–Crippen LogP) is 2.85. The molecule has 0 aliphatic carbocycles. The average Bonchev–Trinajstić information content (AvgIpc) is 3.27. The van der Waals surface area contributed by atoms with Gasteiger partial charge in [-0.1, -0.05) is 18.2 Å². The Morgan fingerprint density at radius 1 is 1.21 bits per heavy atom. The van der Waals surface area contributed by atoms with Crippen molar-refractivity contribution in [3.63, 3.8) is 0 Å². The Balaban J connectivity index is 1.79. The zero-order valence-electron chi connectivity index (χ0n) is 16.3. The molecule has 1 fully saturated rings. The number of nitrogens with zero attached hydrogens (tertiary/aromatic N) is 1. The molecule has 1 N–H and O–H groups in total. The molecule has 1 aliphatic rings. The highest BCUT2D eigenvalue weighted by atomic mass is 16.5. The molecule has 7 nitrogen and oxygen atoms in total. The minimum absolute atomic E-state index is 0.0957. The van der Waals surface area contributed by atoms with Gasteiger partial charge in [0.15, 0.2) is 0 Å². The molecule has 7 heteroatoms. The summed E-state index contributed by atoms with van der Waals surface area (Å²) < 4.78 is 10.4. The SMILES string of the molecule is CCOC(=O)C1CCCN(C(=O)C(=Cc2ccco2)NC(=O)c2ccccc2)C1. The van der Waals surface area contributed by atoms with Crippen molar-refractivity contribution >= 4 is 23.9 Å². The normalized spacial score (nSPS) is 16.9. The van der Waals surface area contributed by atoms with Gasteiger partial charge in [-0.15, -0.1) is 0 Å². The molecule has 0 radical (unpaired) electrons. The van der Waals surface area contributed by atoms with E-state index in [1.165, 1.54) is 12.3 Å². The number of amides is 2. The second kappa shape index (κ2) is 9.73. The van der Waals surface area contributed by atoms with Gasteiger partial charge in [-0.2, -0.15) is 0 Å². The number of carbonyl (C=O) groups is 3. The number of likely N-dealkylation sites (tertiary alicyclic amines) is 1. The number of benzene rings is 1. The van der Waals surface area contributed by atoms with Crippen LogP contribution in [0, 0.1) is 5.92 Å². The average molecular weight is 396 g/mol. The molecular formula is C22H24N2O5. The first-order chi connectivity index (χ1) is 14.1. The molecule has 1 aromatic heterocycles. The van der Waals surface area contributed by atoms with Crippen LogP contribution in [0.5, 0.6) is 0 Å². The van der Waals surface area contributed by atoms with Crippen molar-refractivity contribution in [2.75, 3.05) is 19.7 Å². The van der Waals surface area contributed by atoms with E-state index >= 15 is 0 Å². The smallest absolute Gasteiger partial charge is 0.310 e. The number of carbonyl (C=O) groups excluding carboxylic acids is 3. The van der Waals surface area contributed by atoms with Gasteiger partial charge in [0.25, 0.3) is 11.8 Å². The molecule has 29 heavy (non-hydrogen) atoms. The molecule has 0 bridgehead atoms. The predicted molar refractivity (Wildman–Crippen MR) is 107 cm³/mol. The van der Waals surface area contributed by atoms with E-state index in [1.54, 1.807) is 48.2 Å². The molecule has 1 aliphatic heterocycles. The number of piperidine rings is 1. The molecule has 0 saturated carbocycles. The van der Waals surface area contributed by atoms with E-state index in [0.717, 1.165) is 0 Å². The second-order valence-corrected chi connectivity index (χ2v) is 6.74. The molecule has 1 aromatic carbocycles. The summed E-state index contributed by atoms with van der Waals surface area (Å²) in [7, 11) is 0. The van der Waals surface area contributed by atoms with E-state index in [1.807, 2.05) is 6.07 Å². The summed E-state index contributed by atoms with van der Waals surface area (Å²) in [6.45, 7) is 2.83. The van der Waals surface area contributed by atoms with Crippen molar-refractivity contribution in [1.82, 2.24) is 10.2 Å². The minimum Gasteiger partial charge on any atom is -0.466 e. The molecule has 2 heterocycles. The van der Waals surface area contributed by atoms with Gasteiger partial charge in [0.2, 0.25) is 0 Å². The molecule has 152 valence electrons. The third-order valence-electron chi connectivity index (χ3n) is 4.67. The van der Waals surface area contributed by atoms with Crippen molar-refractivity contribution in [3.8, 4) is 0 Å². The Morgan fingerprint density at radius 3 is 2.69 bits per heavy atom. The number of hydrogen-bond donors (Lipinski definition) is 1. The monoisotopic (exact) mass is 396 g/mol. The van der Waals surface area contributed by atoms with E-state index in [-0.39, 0.29) is 30.0 Å². The molecule has 1 saturated heterocycles. The van der Waals surface area contributed by atoms with E-state index < -0.39 is 5.91 Å². The first kappa shape index (κ1) is 20.4. The summed E-state index contributed by atoms with van der Waals surface area (Å²) in [5.74, 6) is -0.965. The number of rotatable bonds is 6. The zero-order valence-corrected chi connectivity index (χ0v) is 16.3. The number of esters is 1. The summed E-state index contributed by atoms with van der Waals surface area (Å²) in [4.78, 5) is 39.4. The summed E-state index contributed by atoms with van der Waals surface area (Å²) in [6.07, 6.45) is 4.36. The van der Waals surface area contributed by atoms with Gasteiger partial charge in [0.05, 0.1) is 18.8 Å². The van der Waals surface area contributed by atoms with Crippen LogP contribution in [0.4, 0.5) is 0 Å². The van der Waals surface area contributed by atoms with Gasteiger partial charge in [-0.25, -0.2) is 0 Å². The Labute approximate surface area is 169 Å². The fourth-order valence-corrected chi connectivity index (χ4v) is 3.24. The van der Waals surface area contributed by atoms with Gasteiger partial charge < -0.3 is 19.4 Å². The summed E-state index contributed by atoms with van der Waals surface area (Å²) >= 11 is 0. The van der Waals surface area contributed by atoms with Gasteiger partial charge in [0, 0.05) is 24.7 Å². The fourth-order valence-electron chi connectivity index (χ4n) is 3.24. The fraction of sp³-hybridized carbons (Fsp3) is 0.318. The Hall–Kier alpha value is -3.35. The molecule has 2 amide bonds. The van der Waals surface area contributed by atoms with Crippen molar-refractivity contribution in [2.45, 2.75) is 19.8 Å². The van der Waals surface area contributed by atoms with E-state index in [9.17, 15) is 14.4 Å². The maximum atomic E-state index is 13.2. The van der Waals surface area contributed by atoms with Crippen molar-refractivity contribution in [1.29, 1.82) is 0 Å². The van der Waals surface area contributed by atoms with Crippen molar-refractivity contribution in [2.24, 2.45) is 5.92 Å². The topological polar surface area (TPSA) is 88.8 Å². The second-order valence-electron chi connectivity index (χ2n) is 6.74. The number of ether oxygens (including phenoxy) is 1. The van der Waals surface area contributed by atoms with Crippen LogP contribution in [0.3, 0.4) is 0 Å². The molecule has 2 aromatic rings. The lowest BCUT2D eigenvalue weighted by Gasteiger charge is -2.32. The van der Waals surface area contributed by atoms with Crippen molar-refractivity contribution in [3.05, 3.63) is 65.7 Å². The van der Waals surface area contributed by atoms with Gasteiger partial charge in [-0.3, -0.25) is 14.4 Å². The quantitative estimate of drug-likeness (QED) is 0.599. The van der Waals surface area contributed by atoms with E-state index in [2.05, 4.69) is 5.32 Å². The highest BCUT2D eigenvalue weighted by molar-refractivity contribution is 6.05. The maximum Gasteiger partial charge on any atom is 0.310 e. The third kappa shape index (κ3) is 5.34. The highest BCUT2D eigenvalue weighted by Crippen LogP contribution is 2.20. The lowest BCUT2D eigenvalue weighted by Crippen LogP contribution is -2.45. The van der Waals surface area contributed by atoms with Crippen LogP contribution < -0.4 is 5.32 Å². The van der Waals surface area contributed by atoms with E-state index in [0.29, 0.717) is 37.3 Å². The van der Waals surface area contributed by atoms with Crippen LogP contribution in [-0.2, 0) is 14.3 Å². The summed E-state index contributed by atoms with van der Waals surface area (Å²) in [5, 5.41) is 2.69. The van der Waals surface area contributed by atoms with Crippen LogP contribution in [0.1, 0.15) is 35.9 Å². The molecule has 0 spiro atoms. The van der Waals surface area contributed by atoms with Gasteiger partial charge in [0.1, 0.15) is 11.5 Å². The van der Waals surface area contributed by atoms with E-state index in [4.69, 9.17) is 9.15 Å². The van der Waals surface area contributed by atoms with Crippen LogP contribution in [-0.4, -0.2) is 42.4 Å². The highest BCUT2D eigenvalue weighted by Gasteiger charge is 2.31. The summed E-state index contributed by atoms with van der Waals surface area (Å²) in [6, 6.07) is 12.0. The molecular weight excluding hydrogens is 372 g/mol. The minimum atomic E-state index is -0.393. The maximum absolute atomic E-state index is 13.2. The first-order valence-corrected chi connectivity index (χ1v) is 9.66. The Bertz CT molecular complexity index is 874. The Kier molecular flexibility index (Phi) is 6.84. The standard InChI is InChI=1S/C22H24N2O5/c1-2-28-22(27)17-10-6-12-24(15-17)21(26)19(14-18-11-7-13-29-18)23-20(25)16-8-4-3-5-9-16/h3-5,7-9,11,13-14,17H,2,6,10,12,15H2,1H3,(H,23,25). The largest absolute Gasteiger partial charge is 0.466 e. The first-order valence-electron chi connectivity index (χ1n) is 9.66. The number of hydrogen-bond acceptors (Lipinski definition) is 5. The van der Waals surface area contributed by atoms with Crippen LogP contribution in [0.25, 0.3) is 6.08 Å². The zero-order chi connectivity index (χ0) is 20.6. The lowest BCUT2D eigenvalue weighted by atomic mass is 9.98. The number of nitrogens with one attached hydrogen (secondary N) is 1. The lowest BCUT2D eigenvalue weighted by molar-refractivity contribution is -0.150. The third-order valence-corrected chi connectivity index (χ3v) is 4.67. The van der Waals surface area contributed by atoms with Crippen LogP contribution in [0.2, 0.25) is 0 Å². The van der Waals surface area contributed by atoms with Crippen LogP contribution >= 0.6 is 0 Å². The van der Waals surface area contributed by atoms with Gasteiger partial charge in [-0.05, 0) is 44.0 Å². The summed E-state index contributed by atoms with van der Waals surface area (Å²) in [5.41, 5.74) is 0.534. The van der Waals surface area contributed by atoms with Gasteiger partial charge >= 0.3 is 5.97 Å². The molecule has 1 unspecified atom stereocenters. The van der Waals surface area contributed by atoms with Crippen LogP contribution in [0.15, 0.2) is 58.8 Å². The molecule has 1 atom stereocenters. The molecule has 3 rings (SSSR count).